The van der Waals surface area contributed by atoms with Crippen LogP contribution in [0.1, 0.15) is 12.5 Å². The van der Waals surface area contributed by atoms with Crippen LogP contribution in [0.5, 0.6) is 0 Å². The second-order valence-corrected chi connectivity index (χ2v) is 2.52. The summed E-state index contributed by atoms with van der Waals surface area (Å²) >= 11 is 0. The number of pyridine rings is 1. The first-order chi connectivity index (χ1) is 6.74. The van der Waals surface area contributed by atoms with Crippen LogP contribution in [0.15, 0.2) is 29.6 Å². The molecule has 14 heavy (non-hydrogen) atoms. The summed E-state index contributed by atoms with van der Waals surface area (Å²) in [6.45, 7) is 1.77. The lowest BCUT2D eigenvalue weighted by atomic mass is 10.2. The summed E-state index contributed by atoms with van der Waals surface area (Å²) < 4.78 is 0. The molecule has 1 aromatic rings. The average Bonchev–Trinajstić information content (AvgIpc) is 2.26. The van der Waals surface area contributed by atoms with Crippen LogP contribution in [0.4, 0.5) is 4.79 Å². The number of carbonyl (C=O) groups excluding carboxylic acids is 1. The van der Waals surface area contributed by atoms with Crippen molar-refractivity contribution < 1.29 is 4.79 Å². The number of nitrogens with two attached hydrogens (primary N) is 1. The van der Waals surface area contributed by atoms with Gasteiger partial charge < -0.3 is 0 Å². The number of urea groups is 1. The maximum Gasteiger partial charge on any atom is 0.349 e. The summed E-state index contributed by atoms with van der Waals surface area (Å²) in [5, 5.41) is 3.81. The molecule has 0 fully saturated rings. The number of aromatic nitrogens is 1. The quantitative estimate of drug-likeness (QED) is 0.267. The van der Waals surface area contributed by atoms with E-state index in [1.165, 1.54) is 0 Å². The van der Waals surface area contributed by atoms with Crippen LogP contribution in [0.2, 0.25) is 0 Å². The van der Waals surface area contributed by atoms with E-state index in [4.69, 9.17) is 5.84 Å². The van der Waals surface area contributed by atoms with Crippen LogP contribution in [0.25, 0.3) is 0 Å². The van der Waals surface area contributed by atoms with E-state index in [0.717, 1.165) is 5.56 Å². The summed E-state index contributed by atoms with van der Waals surface area (Å²) in [7, 11) is 0. The van der Waals surface area contributed by atoms with Gasteiger partial charge in [0, 0.05) is 18.0 Å². The van der Waals surface area contributed by atoms with Crippen LogP contribution < -0.4 is 16.7 Å². The third kappa shape index (κ3) is 2.83. The van der Waals surface area contributed by atoms with Crippen molar-refractivity contribution in [1.29, 1.82) is 0 Å². The Balaban J connectivity index is 2.66. The van der Waals surface area contributed by atoms with E-state index >= 15 is 0 Å². The van der Waals surface area contributed by atoms with Gasteiger partial charge in [-0.15, -0.1) is 0 Å². The smallest absolute Gasteiger partial charge is 0.274 e. The molecule has 1 aromatic heterocycles. The van der Waals surface area contributed by atoms with E-state index < -0.39 is 6.03 Å². The van der Waals surface area contributed by atoms with Gasteiger partial charge in [0.1, 0.15) is 0 Å². The molecule has 0 spiro atoms. The zero-order chi connectivity index (χ0) is 10.4. The molecule has 0 aliphatic carbocycles. The number of nitrogens with zero attached hydrogens (tertiary/aromatic N) is 2. The molecule has 6 heteroatoms. The molecule has 0 aliphatic heterocycles. The number of hydrogen-bond donors (Lipinski definition) is 3. The van der Waals surface area contributed by atoms with Crippen molar-refractivity contribution in [1.82, 2.24) is 15.8 Å². The molecule has 1 heterocycles. The van der Waals surface area contributed by atoms with Gasteiger partial charge in [0.2, 0.25) is 0 Å². The van der Waals surface area contributed by atoms with Gasteiger partial charge in [-0.05, 0) is 19.1 Å². The van der Waals surface area contributed by atoms with Gasteiger partial charge in [-0.3, -0.25) is 10.4 Å². The second kappa shape index (κ2) is 4.93. The Morgan fingerprint density at radius 3 is 2.71 bits per heavy atom. The fourth-order valence-electron chi connectivity index (χ4n) is 0.825. The Kier molecular flexibility index (Phi) is 3.57. The minimum absolute atomic E-state index is 0.557. The summed E-state index contributed by atoms with van der Waals surface area (Å²) in [5.41, 5.74) is 5.69. The van der Waals surface area contributed by atoms with Gasteiger partial charge >= 0.3 is 6.03 Å². The van der Waals surface area contributed by atoms with E-state index in [1.54, 1.807) is 31.5 Å². The van der Waals surface area contributed by atoms with Crippen molar-refractivity contribution >= 4 is 11.7 Å². The first-order valence-electron chi connectivity index (χ1n) is 3.95. The lowest BCUT2D eigenvalue weighted by Gasteiger charge is -2.00. The highest BCUT2D eigenvalue weighted by Gasteiger charge is 1.97. The van der Waals surface area contributed by atoms with Gasteiger partial charge in [-0.1, -0.05) is 0 Å². The van der Waals surface area contributed by atoms with Crippen molar-refractivity contribution in [3.63, 3.8) is 0 Å². The van der Waals surface area contributed by atoms with E-state index in [9.17, 15) is 4.79 Å². The molecule has 0 aliphatic rings. The highest BCUT2D eigenvalue weighted by molar-refractivity contribution is 5.98. The van der Waals surface area contributed by atoms with Gasteiger partial charge in [-0.25, -0.2) is 16.1 Å². The van der Waals surface area contributed by atoms with Gasteiger partial charge in [0.15, 0.2) is 0 Å². The molecule has 0 aromatic carbocycles. The Labute approximate surface area is 81.2 Å². The van der Waals surface area contributed by atoms with E-state index in [2.05, 4.69) is 15.5 Å². The predicted octanol–water partition coefficient (Wildman–Crippen LogP) is -0.0215. The summed E-state index contributed by atoms with van der Waals surface area (Å²) in [4.78, 5) is 14.5. The number of rotatable bonds is 2. The molecule has 0 unspecified atom stereocenters. The van der Waals surface area contributed by atoms with Crippen LogP contribution >= 0.6 is 0 Å². The van der Waals surface area contributed by atoms with Gasteiger partial charge in [0.25, 0.3) is 0 Å². The van der Waals surface area contributed by atoms with Gasteiger partial charge in [-0.2, -0.15) is 5.10 Å². The maximum absolute atomic E-state index is 10.7. The molecule has 6 nitrogen and oxygen atoms in total. The predicted molar refractivity (Wildman–Crippen MR) is 52.3 cm³/mol. The molecule has 0 saturated carbocycles. The summed E-state index contributed by atoms with van der Waals surface area (Å²) in [6.07, 6.45) is 3.30. The molecule has 0 atom stereocenters. The maximum atomic E-state index is 10.7. The van der Waals surface area contributed by atoms with Crippen LogP contribution in [-0.4, -0.2) is 16.7 Å². The Morgan fingerprint density at radius 1 is 1.50 bits per heavy atom. The molecule has 1 rings (SSSR count). The Hall–Kier alpha value is -1.95. The summed E-state index contributed by atoms with van der Waals surface area (Å²) in [5.74, 6) is 4.86. The highest BCUT2D eigenvalue weighted by Crippen LogP contribution is 1.97. The average molecular weight is 193 g/mol. The zero-order valence-electron chi connectivity index (χ0n) is 7.69. The highest BCUT2D eigenvalue weighted by atomic mass is 16.2. The fourth-order valence-corrected chi connectivity index (χ4v) is 0.825. The van der Waals surface area contributed by atoms with Crippen molar-refractivity contribution in [2.75, 3.05) is 0 Å². The molecule has 74 valence electrons. The largest absolute Gasteiger partial charge is 0.349 e. The van der Waals surface area contributed by atoms with Crippen LogP contribution in [0, 0.1) is 0 Å². The topological polar surface area (TPSA) is 92.4 Å². The van der Waals surface area contributed by atoms with Crippen molar-refractivity contribution in [2.45, 2.75) is 6.92 Å². The normalized spacial score (nSPS) is 10.9. The molecule has 4 N–H and O–H groups in total. The second-order valence-electron chi connectivity index (χ2n) is 2.52. The number of hydrazine groups is 1. The SMILES string of the molecule is C/C(=N\NC(=O)NN)c1ccncc1. The zero-order valence-corrected chi connectivity index (χ0v) is 7.69. The lowest BCUT2D eigenvalue weighted by molar-refractivity contribution is 0.241. The number of amides is 2. The summed E-state index contributed by atoms with van der Waals surface area (Å²) in [6, 6.07) is 3.03. The van der Waals surface area contributed by atoms with E-state index in [1.807, 2.05) is 5.43 Å². The van der Waals surface area contributed by atoms with Crippen molar-refractivity contribution in [3.05, 3.63) is 30.1 Å². The van der Waals surface area contributed by atoms with Crippen LogP contribution in [-0.2, 0) is 0 Å². The van der Waals surface area contributed by atoms with Crippen molar-refractivity contribution in [2.24, 2.45) is 10.9 Å². The molecule has 0 saturated heterocycles. The van der Waals surface area contributed by atoms with Gasteiger partial charge in [0.05, 0.1) is 5.71 Å². The van der Waals surface area contributed by atoms with E-state index in [-0.39, 0.29) is 0 Å². The number of hydrazone groups is 1. The molecule has 0 bridgehead atoms. The number of nitrogens with one attached hydrogen (secondary N) is 2. The molecule has 2 amide bonds. The fraction of sp³-hybridized carbons (Fsp3) is 0.125. The minimum Gasteiger partial charge on any atom is -0.274 e. The van der Waals surface area contributed by atoms with Crippen LogP contribution in [0.3, 0.4) is 0 Å². The molecular weight excluding hydrogens is 182 g/mol. The number of carbonyl (C=O) groups is 1. The Morgan fingerprint density at radius 2 is 2.14 bits per heavy atom. The van der Waals surface area contributed by atoms with Crippen molar-refractivity contribution in [3.8, 4) is 0 Å². The minimum atomic E-state index is -0.557. The first-order valence-corrected chi connectivity index (χ1v) is 3.95. The standard InChI is InChI=1S/C8H11N5O/c1-6(12-13-8(14)11-9)7-2-4-10-5-3-7/h2-5H,9H2,1H3,(H2,11,13,14)/b12-6+. The number of hydrogen-bond acceptors (Lipinski definition) is 4. The Bertz CT molecular complexity index is 335. The first kappa shape index (κ1) is 10.1. The third-order valence-corrected chi connectivity index (χ3v) is 1.55. The van der Waals surface area contributed by atoms with E-state index in [0.29, 0.717) is 5.71 Å². The molecular formula is C8H11N5O. The molecule has 0 radical (unpaired) electrons. The third-order valence-electron chi connectivity index (χ3n) is 1.55. The lowest BCUT2D eigenvalue weighted by Crippen LogP contribution is -2.37. The monoisotopic (exact) mass is 193 g/mol.